The normalized spacial score (nSPS) is 16.3. The van der Waals surface area contributed by atoms with E-state index in [9.17, 15) is 16.8 Å². The monoisotopic (exact) mass is 836 g/mol. The maximum absolute atomic E-state index is 13.9. The predicted molar refractivity (Wildman–Crippen MR) is 230 cm³/mol. The maximum atomic E-state index is 13.9. The molecule has 2 aliphatic heterocycles. The van der Waals surface area contributed by atoms with E-state index >= 15 is 0 Å². The largest absolute Gasteiger partial charge is 0.324 e. The minimum atomic E-state index is -3.88. The molecule has 11 rings (SSSR count). The molecule has 3 aromatic heterocycles. The second-order valence-electron chi connectivity index (χ2n) is 16.0. The van der Waals surface area contributed by atoms with Gasteiger partial charge in [-0.1, -0.05) is 87.1 Å². The van der Waals surface area contributed by atoms with Crippen molar-refractivity contribution in [3.8, 4) is 45.6 Å². The molecule has 0 radical (unpaired) electrons. The van der Waals surface area contributed by atoms with Crippen LogP contribution in [0, 0.1) is 0 Å². The van der Waals surface area contributed by atoms with Gasteiger partial charge in [0.2, 0.25) is 20.0 Å². The summed E-state index contributed by atoms with van der Waals surface area (Å²) in [7, 11) is -7.76. The van der Waals surface area contributed by atoms with Crippen LogP contribution in [0.2, 0.25) is 0 Å². The second-order valence-corrected chi connectivity index (χ2v) is 19.5. The molecule has 2 aliphatic carbocycles. The molecule has 4 N–H and O–H groups in total. The highest BCUT2D eigenvalue weighted by atomic mass is 32.2. The molecule has 4 aliphatic rings. The van der Waals surface area contributed by atoms with Crippen molar-refractivity contribution in [2.24, 2.45) is 0 Å². The molecule has 2 saturated carbocycles. The Balaban J connectivity index is 1.18. The first-order chi connectivity index (χ1) is 29.2. The van der Waals surface area contributed by atoms with E-state index in [2.05, 4.69) is 19.4 Å². The van der Waals surface area contributed by atoms with Crippen molar-refractivity contribution in [1.82, 2.24) is 49.3 Å². The van der Waals surface area contributed by atoms with Crippen molar-refractivity contribution < 1.29 is 16.8 Å². The zero-order valence-electron chi connectivity index (χ0n) is 32.4. The van der Waals surface area contributed by atoms with Crippen LogP contribution < -0.4 is 9.44 Å². The molecular weight excluding hydrogens is 797 g/mol. The lowest BCUT2D eigenvalue weighted by Crippen LogP contribution is -2.36. The fraction of sp³-hybridized carbons (Fsp3) is 0.273. The Morgan fingerprint density at radius 1 is 0.417 bits per heavy atom. The van der Waals surface area contributed by atoms with Crippen molar-refractivity contribution in [1.29, 1.82) is 0 Å². The van der Waals surface area contributed by atoms with Crippen molar-refractivity contribution >= 4 is 64.2 Å². The second kappa shape index (κ2) is 14.4. The topological polar surface area (TPSA) is 201 Å². The molecule has 14 nitrogen and oxygen atoms in total. The fourth-order valence-electron chi connectivity index (χ4n) is 9.00. The van der Waals surface area contributed by atoms with Crippen LogP contribution in [0.3, 0.4) is 0 Å². The van der Waals surface area contributed by atoms with Crippen LogP contribution in [0.15, 0.2) is 94.7 Å². The number of nitrogens with zero attached hydrogens (tertiary/aromatic N) is 6. The van der Waals surface area contributed by atoms with Crippen LogP contribution in [0.1, 0.15) is 64.2 Å². The molecule has 0 saturated heterocycles. The van der Waals surface area contributed by atoms with E-state index in [0.29, 0.717) is 56.1 Å². The first-order valence-electron chi connectivity index (χ1n) is 20.5. The van der Waals surface area contributed by atoms with E-state index in [4.69, 9.17) is 29.9 Å². The smallest absolute Gasteiger partial charge is 0.240 e. The molecular formula is C44H40N10O4S2. The van der Waals surface area contributed by atoms with Gasteiger partial charge >= 0.3 is 0 Å². The maximum Gasteiger partial charge on any atom is 0.240 e. The highest BCUT2D eigenvalue weighted by Gasteiger charge is 2.28. The lowest BCUT2D eigenvalue weighted by atomic mass is 9.96. The minimum Gasteiger partial charge on any atom is -0.324 e. The number of fused-ring (bicyclic) bond motifs is 20. The number of H-pyrrole nitrogens is 2. The molecule has 60 heavy (non-hydrogen) atoms. The standard InChI is InChI=1S/C44H40N10O4S2/c55-59(56,53-25-11-3-1-4-12-25)27-19-21-33-35(23-27)44-50-41(33)48-39-30-16-8-7-15-29(30)37(46-39)45-38-31-17-9-10-18-32(31)40(47-38)49-43-36-24-28(20-22-34(36)42(51-43)52-44)60(57,58)54-26-13-5-2-6-14-26/h7-10,15-26,53-54H,1-6,11-14H2,(H2,45,46,47,48,49,50,51,52). The van der Waals surface area contributed by atoms with Gasteiger partial charge in [-0.05, 0) is 62.1 Å². The summed E-state index contributed by atoms with van der Waals surface area (Å²) in [6, 6.07) is 25.1. The molecule has 8 bridgehead atoms. The van der Waals surface area contributed by atoms with Crippen molar-refractivity contribution in [2.75, 3.05) is 0 Å². The molecule has 0 unspecified atom stereocenters. The summed E-state index contributed by atoms with van der Waals surface area (Å²) in [5.74, 6) is 1.40. The number of aromatic nitrogens is 8. The number of hydrogen-bond donors (Lipinski definition) is 4. The first-order valence-corrected chi connectivity index (χ1v) is 23.5. The van der Waals surface area contributed by atoms with Gasteiger partial charge in [-0.25, -0.2) is 56.2 Å². The molecule has 0 spiro atoms. The molecule has 5 heterocycles. The summed E-state index contributed by atoms with van der Waals surface area (Å²) in [5, 5.41) is 2.74. The molecule has 7 aromatic rings. The Kier molecular flexibility index (Phi) is 8.88. The molecule has 302 valence electrons. The van der Waals surface area contributed by atoms with Crippen LogP contribution in [-0.2, 0) is 20.0 Å². The molecule has 0 atom stereocenters. The Bertz CT molecular complexity index is 3300. The van der Waals surface area contributed by atoms with Crippen LogP contribution in [0.4, 0.5) is 0 Å². The Hall–Kier alpha value is -5.94. The number of nitrogens with one attached hydrogen (secondary N) is 4. The average Bonchev–Trinajstić information content (AvgIpc) is 3.99. The van der Waals surface area contributed by atoms with E-state index in [0.717, 1.165) is 86.1 Å². The summed E-state index contributed by atoms with van der Waals surface area (Å²) in [4.78, 5) is 37.1. The van der Waals surface area contributed by atoms with Crippen LogP contribution >= 0.6 is 0 Å². The highest BCUT2D eigenvalue weighted by molar-refractivity contribution is 7.89. The summed E-state index contributed by atoms with van der Waals surface area (Å²) >= 11 is 0. The Labute approximate surface area is 345 Å². The fourth-order valence-corrected chi connectivity index (χ4v) is 11.7. The van der Waals surface area contributed by atoms with Gasteiger partial charge in [0, 0.05) is 55.9 Å². The van der Waals surface area contributed by atoms with Gasteiger partial charge in [-0.2, -0.15) is 0 Å². The SMILES string of the molecule is O=S(=O)(NC1CCCCC1)c1ccc2c(c1)-c1nc-2nc2[nH]c(nc3nc(nc4[nH]c(n1)c1ccccc41)-c1ccccc1-3)c1ccc(S(=O)(=O)NC3CCCCC3)cc21. The number of benzene rings is 4. The number of aromatic amines is 2. The van der Waals surface area contributed by atoms with E-state index in [1.165, 1.54) is 0 Å². The molecule has 2 fully saturated rings. The van der Waals surface area contributed by atoms with Crippen LogP contribution in [0.5, 0.6) is 0 Å². The summed E-state index contributed by atoms with van der Waals surface area (Å²) < 4.78 is 61.3. The lowest BCUT2D eigenvalue weighted by Gasteiger charge is -2.22. The summed E-state index contributed by atoms with van der Waals surface area (Å²) in [6.45, 7) is 0. The zero-order valence-corrected chi connectivity index (χ0v) is 34.1. The minimum absolute atomic E-state index is 0.102. The summed E-state index contributed by atoms with van der Waals surface area (Å²) in [5.41, 5.74) is 4.38. The van der Waals surface area contributed by atoms with E-state index in [1.54, 1.807) is 36.4 Å². The third-order valence-electron chi connectivity index (χ3n) is 12.1. The quantitative estimate of drug-likeness (QED) is 0.127. The van der Waals surface area contributed by atoms with Crippen LogP contribution in [0.25, 0.3) is 89.7 Å². The van der Waals surface area contributed by atoms with Crippen molar-refractivity contribution in [3.63, 3.8) is 0 Å². The molecule has 4 aromatic carbocycles. The Morgan fingerprint density at radius 2 is 0.817 bits per heavy atom. The van der Waals surface area contributed by atoms with Gasteiger partial charge in [0.15, 0.2) is 23.3 Å². The highest BCUT2D eigenvalue weighted by Crippen LogP contribution is 2.38. The van der Waals surface area contributed by atoms with Gasteiger partial charge in [-0.15, -0.1) is 0 Å². The number of sulfonamides is 2. The van der Waals surface area contributed by atoms with Gasteiger partial charge in [0.25, 0.3) is 0 Å². The van der Waals surface area contributed by atoms with Gasteiger partial charge < -0.3 is 9.97 Å². The van der Waals surface area contributed by atoms with Gasteiger partial charge in [0.1, 0.15) is 22.6 Å². The van der Waals surface area contributed by atoms with Crippen LogP contribution in [-0.4, -0.2) is 68.8 Å². The Morgan fingerprint density at radius 3 is 1.33 bits per heavy atom. The van der Waals surface area contributed by atoms with E-state index in [1.807, 2.05) is 48.5 Å². The van der Waals surface area contributed by atoms with E-state index in [-0.39, 0.29) is 33.5 Å². The lowest BCUT2D eigenvalue weighted by molar-refractivity contribution is 0.412. The third-order valence-corrected chi connectivity index (χ3v) is 15.1. The van der Waals surface area contributed by atoms with E-state index < -0.39 is 20.0 Å². The third kappa shape index (κ3) is 6.54. The van der Waals surface area contributed by atoms with Crippen molar-refractivity contribution in [3.05, 3.63) is 84.9 Å². The average molecular weight is 837 g/mol. The predicted octanol–water partition coefficient (Wildman–Crippen LogP) is 8.09. The van der Waals surface area contributed by atoms with Crippen molar-refractivity contribution in [2.45, 2.75) is 86.1 Å². The first kappa shape index (κ1) is 37.1. The summed E-state index contributed by atoms with van der Waals surface area (Å²) in [6.07, 6.45) is 9.33. The molecule has 0 amide bonds. The van der Waals surface area contributed by atoms with Gasteiger partial charge in [-0.3, -0.25) is 0 Å². The molecule has 16 heteroatoms. The van der Waals surface area contributed by atoms with Gasteiger partial charge in [0.05, 0.1) is 9.79 Å². The zero-order chi connectivity index (χ0) is 40.6. The number of hydrogen-bond acceptors (Lipinski definition) is 10. The number of rotatable bonds is 6.